The number of pyridine rings is 1. The van der Waals surface area contributed by atoms with Crippen molar-refractivity contribution in [1.29, 1.82) is 0 Å². The molecule has 3 nitrogen and oxygen atoms in total. The van der Waals surface area contributed by atoms with Gasteiger partial charge in [-0.2, -0.15) is 0 Å². The van der Waals surface area contributed by atoms with Gasteiger partial charge in [0.05, 0.1) is 17.6 Å². The highest BCUT2D eigenvalue weighted by Crippen LogP contribution is 2.27. The lowest BCUT2D eigenvalue weighted by molar-refractivity contribution is 0.614. The van der Waals surface area contributed by atoms with E-state index in [-0.39, 0.29) is 5.82 Å². The molecule has 36 heavy (non-hydrogen) atoms. The van der Waals surface area contributed by atoms with Gasteiger partial charge in [0.15, 0.2) is 0 Å². The van der Waals surface area contributed by atoms with E-state index in [9.17, 15) is 4.39 Å². The predicted molar refractivity (Wildman–Crippen MR) is 158 cm³/mol. The fraction of sp³-hybridized carbons (Fsp3) is 0.344. The normalized spacial score (nSPS) is 9.28. The molecular formula is C32H46FN3. The number of halogens is 1. The summed E-state index contributed by atoms with van der Waals surface area (Å²) in [5.74, 6) is -0.175. The molecule has 2 heterocycles. The number of nitrogens with two attached hydrogens (primary N) is 1. The van der Waals surface area contributed by atoms with E-state index in [4.69, 9.17) is 5.73 Å². The molecule has 2 aromatic carbocycles. The summed E-state index contributed by atoms with van der Waals surface area (Å²) >= 11 is 0. The average Bonchev–Trinajstić information content (AvgIpc) is 3.34. The van der Waals surface area contributed by atoms with Gasteiger partial charge in [0.1, 0.15) is 11.5 Å². The number of imidazole rings is 1. The quantitative estimate of drug-likeness (QED) is 0.309. The number of hydrogen-bond donors (Lipinski definition) is 1. The zero-order valence-electron chi connectivity index (χ0n) is 23.8. The van der Waals surface area contributed by atoms with Crippen LogP contribution in [0.15, 0.2) is 73.6 Å². The van der Waals surface area contributed by atoms with Crippen LogP contribution in [0.3, 0.4) is 0 Å². The third-order valence-corrected chi connectivity index (χ3v) is 4.80. The van der Waals surface area contributed by atoms with Crippen molar-refractivity contribution in [2.45, 2.75) is 75.2 Å². The lowest BCUT2D eigenvalue weighted by Gasteiger charge is -2.11. The number of hydrogen-bond acceptors (Lipinski definition) is 2. The van der Waals surface area contributed by atoms with Crippen LogP contribution in [0.1, 0.15) is 84.2 Å². The zero-order valence-corrected chi connectivity index (χ0v) is 23.8. The Hall–Kier alpha value is -3.40. The first-order valence-electron chi connectivity index (χ1n) is 13.2. The Morgan fingerprint density at radius 2 is 1.56 bits per heavy atom. The number of benzene rings is 2. The zero-order chi connectivity index (χ0) is 27.7. The van der Waals surface area contributed by atoms with Crippen molar-refractivity contribution in [1.82, 2.24) is 9.38 Å². The van der Waals surface area contributed by atoms with Crippen LogP contribution in [0.4, 0.5) is 4.39 Å². The summed E-state index contributed by atoms with van der Waals surface area (Å²) < 4.78 is 16.0. The van der Waals surface area contributed by atoms with Crippen LogP contribution in [0.25, 0.3) is 22.5 Å². The highest BCUT2D eigenvalue weighted by molar-refractivity contribution is 5.70. The molecule has 0 bridgehead atoms. The molecule has 0 saturated heterocycles. The molecule has 0 spiro atoms. The van der Waals surface area contributed by atoms with Gasteiger partial charge in [0, 0.05) is 12.6 Å². The van der Waals surface area contributed by atoms with Crippen LogP contribution in [-0.4, -0.2) is 9.38 Å². The van der Waals surface area contributed by atoms with E-state index in [1.165, 1.54) is 12.5 Å². The first kappa shape index (κ1) is 32.6. The minimum atomic E-state index is -0.175. The molecule has 0 aliphatic rings. The molecule has 4 heteroatoms. The molecule has 0 atom stereocenters. The molecule has 2 aromatic heterocycles. The molecule has 0 unspecified atom stereocenters. The Morgan fingerprint density at radius 3 is 2.14 bits per heavy atom. The van der Waals surface area contributed by atoms with Gasteiger partial charge in [0.25, 0.3) is 0 Å². The second kappa shape index (κ2) is 18.0. The van der Waals surface area contributed by atoms with Gasteiger partial charge in [-0.25, -0.2) is 9.37 Å². The summed E-state index contributed by atoms with van der Waals surface area (Å²) in [6.07, 6.45) is 5.55. The summed E-state index contributed by atoms with van der Waals surface area (Å²) in [5.41, 5.74) is 13.0. The second-order valence-corrected chi connectivity index (χ2v) is 7.44. The number of rotatable bonds is 4. The van der Waals surface area contributed by atoms with Crippen molar-refractivity contribution >= 4 is 11.3 Å². The maximum Gasteiger partial charge on any atom is 0.137 e. The van der Waals surface area contributed by atoms with Crippen LogP contribution in [0, 0.1) is 12.7 Å². The Bertz CT molecular complexity index is 1180. The van der Waals surface area contributed by atoms with Crippen molar-refractivity contribution in [3.05, 3.63) is 102 Å². The molecule has 0 amide bonds. The SMILES string of the molecule is C=C(N)c1cnc2ccc(-c3cc(Cc4ccccc4F)ccc3C)cn12.CC.CC.CC.CCC. The van der Waals surface area contributed by atoms with Gasteiger partial charge in [0.2, 0.25) is 0 Å². The molecular weight excluding hydrogens is 445 g/mol. The third kappa shape index (κ3) is 8.99. The Kier molecular flexibility index (Phi) is 16.3. The lowest BCUT2D eigenvalue weighted by atomic mass is 9.96. The van der Waals surface area contributed by atoms with Crippen LogP contribution in [0.2, 0.25) is 0 Å². The fourth-order valence-electron chi connectivity index (χ4n) is 3.33. The lowest BCUT2D eigenvalue weighted by Crippen LogP contribution is -1.99. The van der Waals surface area contributed by atoms with Crippen LogP contribution in [-0.2, 0) is 6.42 Å². The smallest absolute Gasteiger partial charge is 0.137 e. The Balaban J connectivity index is 0.00000122. The van der Waals surface area contributed by atoms with Gasteiger partial charge in [-0.3, -0.25) is 4.40 Å². The van der Waals surface area contributed by atoms with E-state index in [1.54, 1.807) is 12.3 Å². The molecule has 4 aromatic rings. The van der Waals surface area contributed by atoms with Gasteiger partial charge >= 0.3 is 0 Å². The predicted octanol–water partition coefficient (Wildman–Crippen LogP) is 9.46. The van der Waals surface area contributed by atoms with Gasteiger partial charge < -0.3 is 5.73 Å². The number of fused-ring (bicyclic) bond motifs is 1. The van der Waals surface area contributed by atoms with Crippen LogP contribution >= 0.6 is 0 Å². The number of aromatic nitrogens is 2. The third-order valence-electron chi connectivity index (χ3n) is 4.80. The van der Waals surface area contributed by atoms with Gasteiger partial charge in [-0.05, 0) is 52.9 Å². The molecule has 0 aliphatic carbocycles. The molecule has 2 N–H and O–H groups in total. The molecule has 0 aliphatic heterocycles. The maximum atomic E-state index is 14.0. The highest BCUT2D eigenvalue weighted by atomic mass is 19.1. The minimum absolute atomic E-state index is 0.175. The molecule has 4 rings (SSSR count). The van der Waals surface area contributed by atoms with E-state index in [1.807, 2.05) is 82.5 Å². The van der Waals surface area contributed by atoms with Crippen molar-refractivity contribution in [3.8, 4) is 11.1 Å². The summed E-state index contributed by atoms with van der Waals surface area (Å²) in [4.78, 5) is 4.36. The van der Waals surface area contributed by atoms with Crippen LogP contribution in [0.5, 0.6) is 0 Å². The first-order valence-corrected chi connectivity index (χ1v) is 13.2. The number of aryl methyl sites for hydroxylation is 1. The minimum Gasteiger partial charge on any atom is -0.397 e. The standard InChI is InChI=1S/C23H20FN3.C3H8.3C2H6/c1-15-7-8-17(11-18-5-3-4-6-21(18)24)12-20(15)19-9-10-23-26-13-22(16(2)25)27(23)14-19;1-3-2;3*1-2/h3-10,12-14H,2,11,25H2,1H3;3H2,1-2H3;3*1-2H3. The number of nitrogens with zero attached hydrogens (tertiary/aromatic N) is 2. The van der Waals surface area contributed by atoms with Crippen molar-refractivity contribution in [2.24, 2.45) is 5.73 Å². The van der Waals surface area contributed by atoms with E-state index < -0.39 is 0 Å². The average molecular weight is 492 g/mol. The monoisotopic (exact) mass is 491 g/mol. The van der Waals surface area contributed by atoms with Crippen LogP contribution < -0.4 is 5.73 Å². The van der Waals surface area contributed by atoms with E-state index in [0.29, 0.717) is 17.7 Å². The van der Waals surface area contributed by atoms with Gasteiger partial charge in [-0.1, -0.05) is 105 Å². The first-order chi connectivity index (χ1) is 17.4. The molecule has 0 radical (unpaired) electrons. The molecule has 0 fully saturated rings. The van der Waals surface area contributed by atoms with Gasteiger partial charge in [-0.15, -0.1) is 0 Å². The van der Waals surface area contributed by atoms with Crippen molar-refractivity contribution in [3.63, 3.8) is 0 Å². The van der Waals surface area contributed by atoms with E-state index in [2.05, 4.69) is 44.5 Å². The topological polar surface area (TPSA) is 43.3 Å². The highest BCUT2D eigenvalue weighted by Gasteiger charge is 2.10. The second-order valence-electron chi connectivity index (χ2n) is 7.44. The van der Waals surface area contributed by atoms with Crippen molar-refractivity contribution < 1.29 is 4.39 Å². The molecule has 0 saturated carbocycles. The van der Waals surface area contributed by atoms with E-state index in [0.717, 1.165) is 33.6 Å². The van der Waals surface area contributed by atoms with E-state index >= 15 is 0 Å². The summed E-state index contributed by atoms with van der Waals surface area (Å²) in [6.45, 7) is 22.1. The summed E-state index contributed by atoms with van der Waals surface area (Å²) in [6, 6.07) is 17.2. The summed E-state index contributed by atoms with van der Waals surface area (Å²) in [5, 5.41) is 0. The summed E-state index contributed by atoms with van der Waals surface area (Å²) in [7, 11) is 0. The largest absolute Gasteiger partial charge is 0.397 e. The maximum absolute atomic E-state index is 14.0. The fourth-order valence-corrected chi connectivity index (χ4v) is 3.33. The Morgan fingerprint density at radius 1 is 0.944 bits per heavy atom. The van der Waals surface area contributed by atoms with Crippen molar-refractivity contribution in [2.75, 3.05) is 0 Å². The Labute approximate surface area is 218 Å². The molecule has 196 valence electrons.